The summed E-state index contributed by atoms with van der Waals surface area (Å²) in [5, 5.41) is 3.15. The van der Waals surface area contributed by atoms with Gasteiger partial charge in [-0.3, -0.25) is 4.79 Å². The zero-order valence-corrected chi connectivity index (χ0v) is 18.1. The molecule has 0 aromatic heterocycles. The Morgan fingerprint density at radius 1 is 1.07 bits per heavy atom. The molecular weight excluding hydrogens is 364 g/mol. The number of amides is 1. The van der Waals surface area contributed by atoms with Gasteiger partial charge in [0.05, 0.1) is 19.8 Å². The van der Waals surface area contributed by atoms with Crippen LogP contribution in [0.3, 0.4) is 0 Å². The molecule has 0 bridgehead atoms. The number of aryl methyl sites for hydroxylation is 2. The topological polar surface area (TPSA) is 52.0 Å². The van der Waals surface area contributed by atoms with Crippen LogP contribution in [0.1, 0.15) is 43.0 Å². The number of quaternary nitrogens is 1. The molecule has 0 saturated heterocycles. The van der Waals surface area contributed by atoms with E-state index < -0.39 is 0 Å². The number of para-hydroxylation sites is 1. The summed E-state index contributed by atoms with van der Waals surface area (Å²) in [6, 6.07) is 10.4. The number of nitrogens with one attached hydrogen (secondary N) is 2. The summed E-state index contributed by atoms with van der Waals surface area (Å²) in [4.78, 5) is 14.0. The van der Waals surface area contributed by atoms with Gasteiger partial charge in [0.2, 0.25) is 0 Å². The molecule has 0 fully saturated rings. The summed E-state index contributed by atoms with van der Waals surface area (Å²) in [7, 11) is 0. The van der Waals surface area contributed by atoms with Gasteiger partial charge >= 0.3 is 0 Å². The van der Waals surface area contributed by atoms with Crippen LogP contribution < -0.4 is 19.7 Å². The van der Waals surface area contributed by atoms with Crippen LogP contribution in [0.5, 0.6) is 11.5 Å². The average molecular weight is 398 g/mol. The van der Waals surface area contributed by atoms with Crippen molar-refractivity contribution in [1.29, 1.82) is 0 Å². The van der Waals surface area contributed by atoms with Crippen molar-refractivity contribution in [2.24, 2.45) is 0 Å². The summed E-state index contributed by atoms with van der Waals surface area (Å²) in [6.45, 7) is 11.6. The van der Waals surface area contributed by atoms with E-state index in [1.807, 2.05) is 32.9 Å². The predicted octanol–water partition coefficient (Wildman–Crippen LogP) is 2.93. The van der Waals surface area contributed by atoms with E-state index in [9.17, 15) is 4.79 Å². The molecule has 1 amide bonds. The Morgan fingerprint density at radius 2 is 1.76 bits per heavy atom. The van der Waals surface area contributed by atoms with Crippen LogP contribution in [0.4, 0.5) is 5.69 Å². The lowest BCUT2D eigenvalue weighted by Gasteiger charge is -2.27. The second-order valence-electron chi connectivity index (χ2n) is 7.55. The number of hydrogen-bond acceptors (Lipinski definition) is 3. The number of benzene rings is 2. The van der Waals surface area contributed by atoms with Gasteiger partial charge in [-0.15, -0.1) is 0 Å². The lowest BCUT2D eigenvalue weighted by molar-refractivity contribution is -0.907. The molecule has 0 saturated carbocycles. The van der Waals surface area contributed by atoms with Crippen molar-refractivity contribution < 1.29 is 19.2 Å². The predicted molar refractivity (Wildman–Crippen MR) is 116 cm³/mol. The molecule has 29 heavy (non-hydrogen) atoms. The minimum atomic E-state index is 0.0726. The first-order chi connectivity index (χ1) is 14.0. The van der Waals surface area contributed by atoms with Gasteiger partial charge in [0.1, 0.15) is 6.54 Å². The maximum absolute atomic E-state index is 12.7. The molecule has 1 aliphatic heterocycles. The number of ether oxygens (including phenoxy) is 2. The molecule has 5 nitrogen and oxygen atoms in total. The monoisotopic (exact) mass is 397 g/mol. The normalized spacial score (nSPS) is 15.5. The fourth-order valence-electron chi connectivity index (χ4n) is 4.01. The Bertz CT molecular complexity index is 863. The number of carbonyl (C=O) groups excluding carboxylic acids is 1. The standard InChI is InChI=1S/C24H32N2O3/c1-5-18-10-8-9-17(4)24(18)25-23(27)16-26-12-11-19-13-21(28-6-2)22(29-7-3)14-20(19)15-26/h8-10,13-14H,5-7,11-12,15-16H2,1-4H3,(H,25,27)/p+1. The SMILES string of the molecule is CCOc1cc2c(cc1OCC)C[NH+](CC(=O)Nc1c(C)cccc1CC)CC2. The van der Waals surface area contributed by atoms with Gasteiger partial charge in [-0.1, -0.05) is 25.1 Å². The number of fused-ring (bicyclic) bond motifs is 1. The third-order valence-corrected chi connectivity index (χ3v) is 5.47. The van der Waals surface area contributed by atoms with Gasteiger partial charge < -0.3 is 19.7 Å². The van der Waals surface area contributed by atoms with Crippen molar-refractivity contribution in [2.75, 3.05) is 31.6 Å². The highest BCUT2D eigenvalue weighted by molar-refractivity contribution is 5.93. The van der Waals surface area contributed by atoms with Gasteiger partial charge in [-0.05, 0) is 56.0 Å². The van der Waals surface area contributed by atoms with Crippen molar-refractivity contribution >= 4 is 11.6 Å². The van der Waals surface area contributed by atoms with Crippen molar-refractivity contribution in [2.45, 2.75) is 47.1 Å². The van der Waals surface area contributed by atoms with E-state index in [2.05, 4.69) is 30.4 Å². The molecule has 0 aliphatic carbocycles. The summed E-state index contributed by atoms with van der Waals surface area (Å²) in [5.41, 5.74) is 5.81. The third kappa shape index (κ3) is 5.10. The fraction of sp³-hybridized carbons (Fsp3) is 0.458. The van der Waals surface area contributed by atoms with E-state index in [1.54, 1.807) is 0 Å². The van der Waals surface area contributed by atoms with Crippen LogP contribution in [0.15, 0.2) is 30.3 Å². The van der Waals surface area contributed by atoms with Crippen LogP contribution >= 0.6 is 0 Å². The Hall–Kier alpha value is -2.53. The smallest absolute Gasteiger partial charge is 0.279 e. The van der Waals surface area contributed by atoms with E-state index in [4.69, 9.17) is 9.47 Å². The molecule has 1 atom stereocenters. The zero-order chi connectivity index (χ0) is 20.8. The highest BCUT2D eigenvalue weighted by Gasteiger charge is 2.24. The molecule has 0 radical (unpaired) electrons. The second-order valence-corrected chi connectivity index (χ2v) is 7.55. The molecule has 3 rings (SSSR count). The van der Waals surface area contributed by atoms with E-state index in [-0.39, 0.29) is 5.91 Å². The van der Waals surface area contributed by atoms with E-state index >= 15 is 0 Å². The minimum absolute atomic E-state index is 0.0726. The molecular formula is C24H33N2O3+. The van der Waals surface area contributed by atoms with Gasteiger partial charge in [0.15, 0.2) is 18.0 Å². The van der Waals surface area contributed by atoms with Crippen molar-refractivity contribution in [3.8, 4) is 11.5 Å². The molecule has 2 aromatic rings. The van der Waals surface area contributed by atoms with E-state index in [0.717, 1.165) is 48.7 Å². The van der Waals surface area contributed by atoms with E-state index in [0.29, 0.717) is 19.8 Å². The third-order valence-electron chi connectivity index (χ3n) is 5.47. The second kappa shape index (κ2) is 9.79. The van der Waals surface area contributed by atoms with Crippen molar-refractivity contribution in [3.05, 3.63) is 52.6 Å². The van der Waals surface area contributed by atoms with Crippen LogP contribution in [0.25, 0.3) is 0 Å². The number of carbonyl (C=O) groups is 1. The van der Waals surface area contributed by atoms with Crippen LogP contribution in [-0.2, 0) is 24.2 Å². The van der Waals surface area contributed by atoms with Gasteiger partial charge in [-0.25, -0.2) is 0 Å². The molecule has 0 spiro atoms. The Morgan fingerprint density at radius 3 is 2.41 bits per heavy atom. The number of anilines is 1. The molecule has 1 heterocycles. The Labute approximate surface area is 174 Å². The first kappa shape index (κ1) is 21.2. The summed E-state index contributed by atoms with van der Waals surface area (Å²) < 4.78 is 11.5. The minimum Gasteiger partial charge on any atom is -0.490 e. The first-order valence-corrected chi connectivity index (χ1v) is 10.7. The van der Waals surface area contributed by atoms with Crippen LogP contribution in [0.2, 0.25) is 0 Å². The quantitative estimate of drug-likeness (QED) is 0.720. The van der Waals surface area contributed by atoms with Gasteiger partial charge in [0.25, 0.3) is 5.91 Å². The van der Waals surface area contributed by atoms with Crippen LogP contribution in [-0.4, -0.2) is 32.2 Å². The van der Waals surface area contributed by atoms with Gasteiger partial charge in [0, 0.05) is 17.7 Å². The van der Waals surface area contributed by atoms with Crippen LogP contribution in [0, 0.1) is 6.92 Å². The first-order valence-electron chi connectivity index (χ1n) is 10.7. The summed E-state index contributed by atoms with van der Waals surface area (Å²) >= 11 is 0. The molecule has 5 heteroatoms. The molecule has 2 aromatic carbocycles. The largest absolute Gasteiger partial charge is 0.490 e. The summed E-state index contributed by atoms with van der Waals surface area (Å²) in [6.07, 6.45) is 1.85. The maximum Gasteiger partial charge on any atom is 0.279 e. The molecule has 1 aliphatic rings. The summed E-state index contributed by atoms with van der Waals surface area (Å²) in [5.74, 6) is 1.69. The Kier molecular flexibility index (Phi) is 7.15. The van der Waals surface area contributed by atoms with Gasteiger partial charge in [-0.2, -0.15) is 0 Å². The molecule has 2 N–H and O–H groups in total. The number of hydrogen-bond donors (Lipinski definition) is 2. The molecule has 1 unspecified atom stereocenters. The van der Waals surface area contributed by atoms with Crippen molar-refractivity contribution in [3.63, 3.8) is 0 Å². The average Bonchev–Trinajstić information content (AvgIpc) is 2.70. The van der Waals surface area contributed by atoms with E-state index in [1.165, 1.54) is 21.6 Å². The Balaban J connectivity index is 1.69. The lowest BCUT2D eigenvalue weighted by atomic mass is 9.98. The van der Waals surface area contributed by atoms with Crippen molar-refractivity contribution in [1.82, 2.24) is 0 Å². The molecule has 156 valence electrons. The maximum atomic E-state index is 12.7. The lowest BCUT2D eigenvalue weighted by Crippen LogP contribution is -3.12. The number of rotatable bonds is 8. The highest BCUT2D eigenvalue weighted by atomic mass is 16.5. The zero-order valence-electron chi connectivity index (χ0n) is 18.1. The fourth-order valence-corrected chi connectivity index (χ4v) is 4.01. The highest BCUT2D eigenvalue weighted by Crippen LogP contribution is 2.32.